The predicted octanol–water partition coefficient (Wildman–Crippen LogP) is 4.02. The van der Waals surface area contributed by atoms with Crippen LogP contribution in [0.15, 0.2) is 36.7 Å². The number of nitrogens with zero attached hydrogens (tertiary/aromatic N) is 2. The summed E-state index contributed by atoms with van der Waals surface area (Å²) < 4.78 is 7.00. The molecule has 2 aromatic rings. The Kier molecular flexibility index (Phi) is 4.18. The van der Waals surface area contributed by atoms with Crippen molar-refractivity contribution >= 4 is 29.0 Å². The fourth-order valence-corrected chi connectivity index (χ4v) is 2.80. The summed E-state index contributed by atoms with van der Waals surface area (Å²) in [7, 11) is 0. The van der Waals surface area contributed by atoms with Crippen LogP contribution in [-0.4, -0.2) is 33.6 Å². The first-order valence-electron chi connectivity index (χ1n) is 8.16. The maximum atomic E-state index is 12.5. The van der Waals surface area contributed by atoms with Gasteiger partial charge in [-0.05, 0) is 39.3 Å². The average Bonchev–Trinajstić information content (AvgIpc) is 3.07. The number of carbonyl (C=O) groups is 2. The molecule has 1 amide bonds. The average molecular weight is 326 g/mol. The van der Waals surface area contributed by atoms with Crippen molar-refractivity contribution in [3.63, 3.8) is 0 Å². The summed E-state index contributed by atoms with van der Waals surface area (Å²) in [6.07, 6.45) is 6.53. The lowest BCUT2D eigenvalue weighted by Crippen LogP contribution is -2.26. The van der Waals surface area contributed by atoms with E-state index < -0.39 is 11.7 Å². The highest BCUT2D eigenvalue weighted by atomic mass is 16.6. The Morgan fingerprint density at radius 3 is 2.67 bits per heavy atom. The molecule has 1 saturated heterocycles. The lowest BCUT2D eigenvalue weighted by atomic mass is 10.2. The Morgan fingerprint density at radius 2 is 2.00 bits per heavy atom. The van der Waals surface area contributed by atoms with Crippen molar-refractivity contribution in [2.24, 2.45) is 0 Å². The summed E-state index contributed by atoms with van der Waals surface area (Å²) in [6, 6.07) is 7.67. The maximum Gasteiger partial charge on any atom is 0.419 e. The van der Waals surface area contributed by atoms with Gasteiger partial charge in [0.2, 0.25) is 5.91 Å². The molecule has 5 heteroatoms. The molecule has 0 atom stereocenters. The number of amides is 1. The fraction of sp³-hybridized carbons (Fsp3) is 0.368. The van der Waals surface area contributed by atoms with Gasteiger partial charge in [0.15, 0.2) is 0 Å². The summed E-state index contributed by atoms with van der Waals surface area (Å²) in [5.74, 6) is 0.141. The van der Waals surface area contributed by atoms with E-state index in [0.717, 1.165) is 29.4 Å². The van der Waals surface area contributed by atoms with Crippen molar-refractivity contribution < 1.29 is 14.3 Å². The maximum absolute atomic E-state index is 12.5. The molecule has 2 heterocycles. The summed E-state index contributed by atoms with van der Waals surface area (Å²) in [4.78, 5) is 25.9. The van der Waals surface area contributed by atoms with E-state index in [1.54, 1.807) is 17.3 Å². The molecule has 5 nitrogen and oxygen atoms in total. The largest absolute Gasteiger partial charge is 0.443 e. The number of hydrogen-bond donors (Lipinski definition) is 0. The number of aromatic nitrogens is 1. The van der Waals surface area contributed by atoms with Gasteiger partial charge in [-0.2, -0.15) is 0 Å². The molecule has 0 aliphatic carbocycles. The van der Waals surface area contributed by atoms with E-state index >= 15 is 0 Å². The third kappa shape index (κ3) is 3.35. The predicted molar refractivity (Wildman–Crippen MR) is 93.6 cm³/mol. The highest BCUT2D eigenvalue weighted by molar-refractivity contribution is 5.95. The van der Waals surface area contributed by atoms with Crippen molar-refractivity contribution in [2.45, 2.75) is 39.2 Å². The summed E-state index contributed by atoms with van der Waals surface area (Å²) in [6.45, 7) is 6.28. The van der Waals surface area contributed by atoms with Crippen LogP contribution in [-0.2, 0) is 9.53 Å². The van der Waals surface area contributed by atoms with Crippen LogP contribution in [0.4, 0.5) is 4.79 Å². The summed E-state index contributed by atoms with van der Waals surface area (Å²) in [5.41, 5.74) is 1.12. The molecule has 126 valence electrons. The van der Waals surface area contributed by atoms with Gasteiger partial charge in [-0.1, -0.05) is 18.2 Å². The minimum absolute atomic E-state index is 0.141. The van der Waals surface area contributed by atoms with E-state index in [0.29, 0.717) is 6.42 Å². The molecule has 24 heavy (non-hydrogen) atoms. The van der Waals surface area contributed by atoms with Crippen molar-refractivity contribution in [2.75, 3.05) is 6.54 Å². The van der Waals surface area contributed by atoms with Gasteiger partial charge in [0.25, 0.3) is 0 Å². The molecule has 1 aliphatic heterocycles. The molecule has 3 rings (SSSR count). The number of para-hydroxylation sites is 1. The third-order valence-corrected chi connectivity index (χ3v) is 3.88. The molecule has 1 aliphatic rings. The van der Waals surface area contributed by atoms with Crippen LogP contribution < -0.4 is 0 Å². The van der Waals surface area contributed by atoms with Gasteiger partial charge >= 0.3 is 6.09 Å². The number of ether oxygens (including phenoxy) is 1. The standard InChI is InChI=1S/C19H22N2O3/c1-19(2,3)24-18(23)21-13-14(15-7-4-5-8-16(15)21)10-12-20-11-6-9-17(20)22/h4-5,7-8,10,12-13H,6,9,11H2,1-3H3. The molecule has 0 saturated carbocycles. The number of hydrogen-bond acceptors (Lipinski definition) is 3. The first kappa shape index (κ1) is 16.3. The summed E-state index contributed by atoms with van der Waals surface area (Å²) >= 11 is 0. The summed E-state index contributed by atoms with van der Waals surface area (Å²) in [5, 5.41) is 0.950. The van der Waals surface area contributed by atoms with E-state index in [-0.39, 0.29) is 5.91 Å². The van der Waals surface area contributed by atoms with Crippen LogP contribution in [0.5, 0.6) is 0 Å². The second-order valence-corrected chi connectivity index (χ2v) is 6.96. The van der Waals surface area contributed by atoms with Gasteiger partial charge in [0.1, 0.15) is 5.60 Å². The third-order valence-electron chi connectivity index (χ3n) is 3.88. The monoisotopic (exact) mass is 326 g/mol. The zero-order valence-electron chi connectivity index (χ0n) is 14.3. The Balaban J connectivity index is 1.96. The second kappa shape index (κ2) is 6.15. The minimum atomic E-state index is -0.555. The first-order valence-corrected chi connectivity index (χ1v) is 8.16. The van der Waals surface area contributed by atoms with E-state index in [2.05, 4.69) is 0 Å². The molecular weight excluding hydrogens is 304 g/mol. The van der Waals surface area contributed by atoms with E-state index in [4.69, 9.17) is 4.74 Å². The van der Waals surface area contributed by atoms with E-state index in [1.807, 2.05) is 51.1 Å². The smallest absolute Gasteiger partial charge is 0.419 e. The van der Waals surface area contributed by atoms with Gasteiger partial charge in [-0.3, -0.25) is 9.36 Å². The lowest BCUT2D eigenvalue weighted by Gasteiger charge is -2.19. The Bertz CT molecular complexity index is 812. The van der Waals surface area contributed by atoms with Crippen LogP contribution in [0, 0.1) is 0 Å². The Morgan fingerprint density at radius 1 is 1.25 bits per heavy atom. The molecule has 0 unspecified atom stereocenters. The van der Waals surface area contributed by atoms with Gasteiger partial charge in [0.05, 0.1) is 5.52 Å². The molecule has 1 fully saturated rings. The molecule has 1 aromatic carbocycles. The number of likely N-dealkylation sites (tertiary alicyclic amines) is 1. The van der Waals surface area contributed by atoms with Gasteiger partial charge in [0, 0.05) is 36.3 Å². The Labute approximate surface area is 141 Å². The number of fused-ring (bicyclic) bond motifs is 1. The topological polar surface area (TPSA) is 51.5 Å². The highest BCUT2D eigenvalue weighted by Crippen LogP contribution is 2.24. The normalized spacial score (nSPS) is 15.6. The zero-order valence-corrected chi connectivity index (χ0v) is 14.3. The quantitative estimate of drug-likeness (QED) is 0.837. The van der Waals surface area contributed by atoms with Crippen LogP contribution in [0.25, 0.3) is 17.0 Å². The molecular formula is C19H22N2O3. The van der Waals surface area contributed by atoms with Crippen molar-refractivity contribution in [3.8, 4) is 0 Å². The van der Waals surface area contributed by atoms with Gasteiger partial charge in [-0.25, -0.2) is 4.79 Å². The lowest BCUT2D eigenvalue weighted by molar-refractivity contribution is -0.125. The molecule has 0 N–H and O–H groups in total. The van der Waals surface area contributed by atoms with E-state index in [9.17, 15) is 9.59 Å². The number of rotatable bonds is 2. The van der Waals surface area contributed by atoms with Crippen LogP contribution >= 0.6 is 0 Å². The van der Waals surface area contributed by atoms with Crippen LogP contribution in [0.2, 0.25) is 0 Å². The zero-order chi connectivity index (χ0) is 17.3. The highest BCUT2D eigenvalue weighted by Gasteiger charge is 2.21. The number of benzene rings is 1. The van der Waals surface area contributed by atoms with E-state index in [1.165, 1.54) is 4.57 Å². The van der Waals surface area contributed by atoms with Crippen LogP contribution in [0.3, 0.4) is 0 Å². The van der Waals surface area contributed by atoms with Crippen molar-refractivity contribution in [1.29, 1.82) is 0 Å². The molecule has 1 aromatic heterocycles. The molecule has 0 bridgehead atoms. The second-order valence-electron chi connectivity index (χ2n) is 6.96. The molecule has 0 radical (unpaired) electrons. The molecule has 0 spiro atoms. The van der Waals surface area contributed by atoms with Gasteiger partial charge < -0.3 is 9.64 Å². The van der Waals surface area contributed by atoms with Crippen molar-refractivity contribution in [1.82, 2.24) is 9.47 Å². The number of carbonyl (C=O) groups excluding carboxylic acids is 2. The first-order chi connectivity index (χ1) is 11.3. The van der Waals surface area contributed by atoms with Crippen molar-refractivity contribution in [3.05, 3.63) is 42.2 Å². The minimum Gasteiger partial charge on any atom is -0.443 e. The fourth-order valence-electron chi connectivity index (χ4n) is 2.80. The SMILES string of the molecule is CC(C)(C)OC(=O)n1cc(C=CN2CCCC2=O)c2ccccc21. The van der Waals surface area contributed by atoms with Gasteiger partial charge in [-0.15, -0.1) is 0 Å². The van der Waals surface area contributed by atoms with Crippen LogP contribution in [0.1, 0.15) is 39.2 Å². The Hall–Kier alpha value is -2.56.